The topological polar surface area (TPSA) is 92.5 Å². The van der Waals surface area contributed by atoms with Crippen molar-refractivity contribution in [1.29, 1.82) is 0 Å². The average molecular weight is 318 g/mol. The summed E-state index contributed by atoms with van der Waals surface area (Å²) >= 11 is 5.93. The Bertz CT molecular complexity index is 804. The molecule has 7 nitrogen and oxygen atoms in total. The van der Waals surface area contributed by atoms with E-state index in [-0.39, 0.29) is 5.15 Å². The number of aromatic nitrogens is 4. The summed E-state index contributed by atoms with van der Waals surface area (Å²) in [4.78, 5) is 12.5. The SMILES string of the molecule is Cn1ccnc1-c1cccc(Nc2ncc([NH2+]O)c(Cl)n2)c1. The van der Waals surface area contributed by atoms with Crippen molar-refractivity contribution in [3.05, 3.63) is 48.0 Å². The molecule has 3 rings (SSSR count). The van der Waals surface area contributed by atoms with E-state index in [9.17, 15) is 0 Å². The van der Waals surface area contributed by atoms with Crippen LogP contribution in [0.25, 0.3) is 11.4 Å². The smallest absolute Gasteiger partial charge is 0.229 e. The van der Waals surface area contributed by atoms with Gasteiger partial charge in [0.2, 0.25) is 11.6 Å². The van der Waals surface area contributed by atoms with Crippen LogP contribution in [0.5, 0.6) is 0 Å². The van der Waals surface area contributed by atoms with Crippen molar-refractivity contribution >= 4 is 28.9 Å². The van der Waals surface area contributed by atoms with E-state index in [1.54, 1.807) is 6.20 Å². The maximum Gasteiger partial charge on any atom is 0.229 e. The maximum atomic E-state index is 8.95. The van der Waals surface area contributed by atoms with Crippen LogP contribution in [0.2, 0.25) is 5.15 Å². The van der Waals surface area contributed by atoms with Crippen molar-refractivity contribution in [2.24, 2.45) is 7.05 Å². The van der Waals surface area contributed by atoms with Crippen LogP contribution in [0.3, 0.4) is 0 Å². The molecule has 0 unspecified atom stereocenters. The Labute approximate surface area is 131 Å². The van der Waals surface area contributed by atoms with Gasteiger partial charge in [-0.1, -0.05) is 23.7 Å². The number of benzene rings is 1. The minimum Gasteiger partial charge on any atom is -0.334 e. The number of rotatable bonds is 4. The van der Waals surface area contributed by atoms with Crippen LogP contribution >= 0.6 is 11.6 Å². The molecule has 22 heavy (non-hydrogen) atoms. The Kier molecular flexibility index (Phi) is 4.01. The number of hydrogen-bond donors (Lipinski definition) is 3. The van der Waals surface area contributed by atoms with Gasteiger partial charge in [0, 0.05) is 30.7 Å². The first-order valence-electron chi connectivity index (χ1n) is 6.52. The van der Waals surface area contributed by atoms with E-state index >= 15 is 0 Å². The Hall–Kier alpha value is -2.48. The summed E-state index contributed by atoms with van der Waals surface area (Å²) in [5.41, 5.74) is 3.03. The average Bonchev–Trinajstić information content (AvgIpc) is 2.94. The lowest BCUT2D eigenvalue weighted by atomic mass is 10.2. The molecule has 0 aliphatic carbocycles. The maximum absolute atomic E-state index is 8.95. The molecule has 2 heterocycles. The van der Waals surface area contributed by atoms with E-state index in [1.165, 1.54) is 6.20 Å². The zero-order chi connectivity index (χ0) is 15.5. The lowest BCUT2D eigenvalue weighted by Crippen LogP contribution is -2.74. The van der Waals surface area contributed by atoms with E-state index in [1.807, 2.05) is 42.1 Å². The second-order valence-corrected chi connectivity index (χ2v) is 4.99. The fraction of sp³-hybridized carbons (Fsp3) is 0.0714. The molecular formula is C14H14ClN6O+. The van der Waals surface area contributed by atoms with Crippen molar-refractivity contribution < 1.29 is 10.7 Å². The lowest BCUT2D eigenvalue weighted by molar-refractivity contribution is -0.825. The van der Waals surface area contributed by atoms with Crippen molar-refractivity contribution in [3.63, 3.8) is 0 Å². The van der Waals surface area contributed by atoms with Crippen molar-refractivity contribution in [2.75, 3.05) is 5.32 Å². The van der Waals surface area contributed by atoms with E-state index < -0.39 is 0 Å². The van der Waals surface area contributed by atoms with Crippen LogP contribution in [0.1, 0.15) is 0 Å². The summed E-state index contributed by atoms with van der Waals surface area (Å²) in [5, 5.41) is 12.2. The highest BCUT2D eigenvalue weighted by Gasteiger charge is 2.09. The number of quaternary nitrogens is 1. The van der Waals surface area contributed by atoms with Crippen LogP contribution in [0.15, 0.2) is 42.9 Å². The number of hydrogen-bond acceptors (Lipinski definition) is 5. The molecule has 0 spiro atoms. The van der Waals surface area contributed by atoms with Crippen molar-refractivity contribution in [2.45, 2.75) is 0 Å². The van der Waals surface area contributed by atoms with Gasteiger partial charge in [0.05, 0.1) is 6.20 Å². The van der Waals surface area contributed by atoms with Gasteiger partial charge >= 0.3 is 0 Å². The molecule has 1 aromatic carbocycles. The van der Waals surface area contributed by atoms with E-state index in [0.717, 1.165) is 22.6 Å². The van der Waals surface area contributed by atoms with Gasteiger partial charge in [0.1, 0.15) is 5.82 Å². The Morgan fingerprint density at radius 1 is 1.32 bits per heavy atom. The number of nitrogens with one attached hydrogen (secondary N) is 1. The monoisotopic (exact) mass is 317 g/mol. The minimum absolute atomic E-state index is 0.181. The number of nitrogens with two attached hydrogens (primary N) is 1. The van der Waals surface area contributed by atoms with Crippen LogP contribution < -0.4 is 10.8 Å². The highest BCUT2D eigenvalue weighted by molar-refractivity contribution is 6.31. The first-order valence-corrected chi connectivity index (χ1v) is 6.90. The van der Waals surface area contributed by atoms with Crippen LogP contribution in [-0.4, -0.2) is 24.7 Å². The van der Waals surface area contributed by atoms with Crippen molar-refractivity contribution in [3.8, 4) is 11.4 Å². The quantitative estimate of drug-likeness (QED) is 0.504. The first kappa shape index (κ1) is 14.5. The van der Waals surface area contributed by atoms with E-state index in [2.05, 4.69) is 20.3 Å². The Morgan fingerprint density at radius 3 is 2.86 bits per heavy atom. The molecule has 2 aromatic heterocycles. The molecule has 0 aliphatic rings. The largest absolute Gasteiger partial charge is 0.334 e. The Balaban J connectivity index is 1.87. The molecule has 0 bridgehead atoms. The summed E-state index contributed by atoms with van der Waals surface area (Å²) in [6, 6.07) is 7.75. The second kappa shape index (κ2) is 6.10. The molecule has 8 heteroatoms. The van der Waals surface area contributed by atoms with Crippen LogP contribution in [0.4, 0.5) is 17.3 Å². The van der Waals surface area contributed by atoms with Gasteiger partial charge in [-0.25, -0.2) is 15.2 Å². The zero-order valence-electron chi connectivity index (χ0n) is 11.7. The van der Waals surface area contributed by atoms with Gasteiger partial charge in [-0.15, -0.1) is 0 Å². The number of anilines is 2. The fourth-order valence-electron chi connectivity index (χ4n) is 2.03. The van der Waals surface area contributed by atoms with Gasteiger partial charge in [-0.05, 0) is 12.1 Å². The Morgan fingerprint density at radius 2 is 2.18 bits per heavy atom. The second-order valence-electron chi connectivity index (χ2n) is 4.64. The van der Waals surface area contributed by atoms with Crippen LogP contribution in [0, 0.1) is 0 Å². The van der Waals surface area contributed by atoms with E-state index in [4.69, 9.17) is 16.8 Å². The molecule has 0 saturated carbocycles. The highest BCUT2D eigenvalue weighted by atomic mass is 35.5. The zero-order valence-corrected chi connectivity index (χ0v) is 12.5. The van der Waals surface area contributed by atoms with Gasteiger partial charge in [0.15, 0.2) is 5.15 Å². The number of halogens is 1. The summed E-state index contributed by atoms with van der Waals surface area (Å²) in [7, 11) is 1.94. The number of aryl methyl sites for hydroxylation is 1. The fourth-order valence-corrected chi connectivity index (χ4v) is 2.20. The highest BCUT2D eigenvalue weighted by Crippen LogP contribution is 2.23. The molecule has 4 N–H and O–H groups in total. The van der Waals surface area contributed by atoms with Gasteiger partial charge in [-0.3, -0.25) is 0 Å². The normalized spacial score (nSPS) is 10.7. The molecule has 0 radical (unpaired) electrons. The molecule has 0 amide bonds. The molecule has 0 fully saturated rings. The summed E-state index contributed by atoms with van der Waals surface area (Å²) in [6.45, 7) is 0. The molecule has 3 aromatic rings. The van der Waals surface area contributed by atoms with Gasteiger partial charge in [0.25, 0.3) is 0 Å². The molecular weight excluding hydrogens is 304 g/mol. The minimum atomic E-state index is 0.181. The summed E-state index contributed by atoms with van der Waals surface area (Å²) in [6.07, 6.45) is 5.09. The van der Waals surface area contributed by atoms with Crippen molar-refractivity contribution in [1.82, 2.24) is 19.5 Å². The first-order chi connectivity index (χ1) is 10.7. The predicted molar refractivity (Wildman–Crippen MR) is 82.3 cm³/mol. The molecule has 0 atom stereocenters. The number of nitrogens with zero attached hydrogens (tertiary/aromatic N) is 4. The summed E-state index contributed by atoms with van der Waals surface area (Å²) in [5.74, 6) is 1.22. The van der Waals surface area contributed by atoms with Gasteiger partial charge < -0.3 is 9.88 Å². The predicted octanol–water partition coefficient (Wildman–Crippen LogP) is 1.86. The number of imidazole rings is 1. The third-order valence-electron chi connectivity index (χ3n) is 3.11. The lowest BCUT2D eigenvalue weighted by Gasteiger charge is -2.07. The molecule has 112 valence electrons. The van der Waals surface area contributed by atoms with Gasteiger partial charge in [-0.2, -0.15) is 10.5 Å². The van der Waals surface area contributed by atoms with Crippen LogP contribution in [-0.2, 0) is 7.05 Å². The third-order valence-corrected chi connectivity index (χ3v) is 3.41. The molecule has 0 saturated heterocycles. The molecule has 0 aliphatic heterocycles. The third kappa shape index (κ3) is 2.91. The standard InChI is InChI=1S/C14H13ClN6O/c1-21-6-5-16-13(21)9-3-2-4-10(7-9)18-14-17-8-11(20-22)12(15)19-14/h2-8,20,22H,1H3,(H,17,18,19)/p+1. The summed E-state index contributed by atoms with van der Waals surface area (Å²) < 4.78 is 1.94. The van der Waals surface area contributed by atoms with E-state index in [0.29, 0.717) is 11.6 Å².